The summed E-state index contributed by atoms with van der Waals surface area (Å²) in [5, 5.41) is 2.54. The van der Waals surface area contributed by atoms with Gasteiger partial charge in [-0.15, -0.1) is 0 Å². The molecule has 0 aliphatic heterocycles. The molecule has 2 amide bonds. The Morgan fingerprint density at radius 1 is 1.12 bits per heavy atom. The summed E-state index contributed by atoms with van der Waals surface area (Å²) in [5.41, 5.74) is -1.32. The van der Waals surface area contributed by atoms with E-state index in [1.807, 2.05) is 0 Å². The first kappa shape index (κ1) is 19.8. The van der Waals surface area contributed by atoms with Crippen LogP contribution in [0.2, 0.25) is 0 Å². The van der Waals surface area contributed by atoms with Crippen LogP contribution in [0.4, 0.5) is 18.0 Å². The lowest BCUT2D eigenvalue weighted by Crippen LogP contribution is -2.39. The fourth-order valence-corrected chi connectivity index (χ4v) is 1.68. The van der Waals surface area contributed by atoms with E-state index in [-0.39, 0.29) is 18.7 Å². The number of halogens is 3. The van der Waals surface area contributed by atoms with Crippen molar-refractivity contribution in [1.82, 2.24) is 10.2 Å². The Hall–Kier alpha value is -2.25. The van der Waals surface area contributed by atoms with Crippen LogP contribution >= 0.6 is 0 Å². The average molecular weight is 346 g/mol. The van der Waals surface area contributed by atoms with E-state index in [1.165, 1.54) is 11.9 Å². The van der Waals surface area contributed by atoms with E-state index in [0.717, 1.165) is 24.3 Å². The quantitative estimate of drug-likeness (QED) is 0.910. The Morgan fingerprint density at radius 2 is 1.67 bits per heavy atom. The van der Waals surface area contributed by atoms with Crippen molar-refractivity contribution >= 4 is 12.0 Å². The van der Waals surface area contributed by atoms with E-state index < -0.39 is 29.3 Å². The second-order valence-corrected chi connectivity index (χ2v) is 6.23. The predicted molar refractivity (Wildman–Crippen MR) is 82.6 cm³/mol. The summed E-state index contributed by atoms with van der Waals surface area (Å²) in [6.07, 6.45) is -4.96. The molecule has 1 aromatic rings. The van der Waals surface area contributed by atoms with Gasteiger partial charge in [0, 0.05) is 25.7 Å². The first-order valence-corrected chi connectivity index (χ1v) is 7.30. The zero-order valence-corrected chi connectivity index (χ0v) is 14.0. The van der Waals surface area contributed by atoms with E-state index in [2.05, 4.69) is 5.32 Å². The van der Waals surface area contributed by atoms with Crippen molar-refractivity contribution in [1.29, 1.82) is 0 Å². The van der Waals surface area contributed by atoms with Crippen molar-refractivity contribution < 1.29 is 27.5 Å². The van der Waals surface area contributed by atoms with E-state index in [1.54, 1.807) is 20.8 Å². The molecule has 0 atom stereocenters. The number of carbonyl (C=O) groups excluding carboxylic acids is 2. The van der Waals surface area contributed by atoms with Crippen molar-refractivity contribution in [2.24, 2.45) is 0 Å². The van der Waals surface area contributed by atoms with E-state index in [4.69, 9.17) is 4.74 Å². The lowest BCUT2D eigenvalue weighted by atomic mass is 10.1. The van der Waals surface area contributed by atoms with Crippen LogP contribution in [0.25, 0.3) is 0 Å². The number of alkyl halides is 3. The van der Waals surface area contributed by atoms with Crippen molar-refractivity contribution in [3.05, 3.63) is 35.4 Å². The van der Waals surface area contributed by atoms with Crippen LogP contribution in [0.3, 0.4) is 0 Å². The molecule has 1 aromatic carbocycles. The van der Waals surface area contributed by atoms with Gasteiger partial charge in [-0.2, -0.15) is 13.2 Å². The van der Waals surface area contributed by atoms with Gasteiger partial charge in [0.2, 0.25) is 0 Å². The summed E-state index contributed by atoms with van der Waals surface area (Å²) in [5.74, 6) is -0.513. The summed E-state index contributed by atoms with van der Waals surface area (Å²) in [4.78, 5) is 24.9. The fraction of sp³-hybridized carbons (Fsp3) is 0.500. The first-order chi connectivity index (χ1) is 10.9. The average Bonchev–Trinajstić information content (AvgIpc) is 2.44. The zero-order chi connectivity index (χ0) is 18.5. The van der Waals surface area contributed by atoms with Gasteiger partial charge in [-0.25, -0.2) is 4.79 Å². The third-order valence-electron chi connectivity index (χ3n) is 2.91. The molecular formula is C16H21F3N2O3. The highest BCUT2D eigenvalue weighted by Crippen LogP contribution is 2.29. The van der Waals surface area contributed by atoms with Crippen LogP contribution in [-0.4, -0.2) is 42.6 Å². The van der Waals surface area contributed by atoms with Crippen LogP contribution in [-0.2, 0) is 10.9 Å². The van der Waals surface area contributed by atoms with Gasteiger partial charge in [0.15, 0.2) is 0 Å². The van der Waals surface area contributed by atoms with Crippen LogP contribution < -0.4 is 5.32 Å². The Kier molecular flexibility index (Phi) is 6.22. The fourth-order valence-electron chi connectivity index (χ4n) is 1.68. The second kappa shape index (κ2) is 7.55. The third kappa shape index (κ3) is 6.47. The topological polar surface area (TPSA) is 58.6 Å². The lowest BCUT2D eigenvalue weighted by molar-refractivity contribution is -0.137. The Bertz CT molecular complexity index is 578. The van der Waals surface area contributed by atoms with Gasteiger partial charge in [-0.3, -0.25) is 4.79 Å². The number of carbonyl (C=O) groups is 2. The summed E-state index contributed by atoms with van der Waals surface area (Å²) in [6, 6.07) is 3.91. The molecule has 1 N–H and O–H groups in total. The van der Waals surface area contributed by atoms with Crippen molar-refractivity contribution in [2.45, 2.75) is 32.5 Å². The summed E-state index contributed by atoms with van der Waals surface area (Å²) < 4.78 is 42.5. The molecule has 8 heteroatoms. The first-order valence-electron chi connectivity index (χ1n) is 7.30. The van der Waals surface area contributed by atoms with Gasteiger partial charge in [0.25, 0.3) is 5.91 Å². The number of hydrogen-bond donors (Lipinski definition) is 1. The minimum absolute atomic E-state index is 0.114. The summed E-state index contributed by atoms with van der Waals surface area (Å²) in [7, 11) is 1.53. The second-order valence-electron chi connectivity index (χ2n) is 6.23. The maximum atomic E-state index is 12.5. The molecule has 0 saturated carbocycles. The van der Waals surface area contributed by atoms with Crippen molar-refractivity contribution in [3.63, 3.8) is 0 Å². The smallest absolute Gasteiger partial charge is 0.416 e. The van der Waals surface area contributed by atoms with Gasteiger partial charge >= 0.3 is 12.3 Å². The number of ether oxygens (including phenoxy) is 1. The van der Waals surface area contributed by atoms with Gasteiger partial charge in [-0.05, 0) is 45.0 Å². The minimum atomic E-state index is -4.44. The molecule has 0 aliphatic carbocycles. The van der Waals surface area contributed by atoms with Gasteiger partial charge in [0.1, 0.15) is 5.60 Å². The highest BCUT2D eigenvalue weighted by atomic mass is 19.4. The van der Waals surface area contributed by atoms with Gasteiger partial charge in [0.05, 0.1) is 5.56 Å². The number of amides is 2. The number of nitrogens with zero attached hydrogens (tertiary/aromatic N) is 1. The Morgan fingerprint density at radius 3 is 2.12 bits per heavy atom. The Balaban J connectivity index is 2.48. The maximum absolute atomic E-state index is 12.5. The molecule has 0 spiro atoms. The Labute approximate surface area is 138 Å². The van der Waals surface area contributed by atoms with Crippen molar-refractivity contribution in [2.75, 3.05) is 20.1 Å². The summed E-state index contributed by atoms with van der Waals surface area (Å²) >= 11 is 0. The van der Waals surface area contributed by atoms with Gasteiger partial charge in [-0.1, -0.05) is 0 Å². The molecular weight excluding hydrogens is 325 g/mol. The molecule has 1 rings (SSSR count). The number of rotatable bonds is 4. The normalized spacial score (nSPS) is 11.8. The van der Waals surface area contributed by atoms with Crippen LogP contribution in [0, 0.1) is 0 Å². The predicted octanol–water partition coefficient (Wildman–Crippen LogP) is 3.30. The van der Waals surface area contributed by atoms with Crippen LogP contribution in [0.1, 0.15) is 36.7 Å². The van der Waals surface area contributed by atoms with Crippen LogP contribution in [0.5, 0.6) is 0 Å². The standard InChI is InChI=1S/C16H21F3N2O3/c1-15(2,3)24-14(23)21(4)10-9-20-13(22)11-5-7-12(8-6-11)16(17,18)19/h5-8H,9-10H2,1-4H3,(H,20,22). The lowest BCUT2D eigenvalue weighted by Gasteiger charge is -2.24. The van der Waals surface area contributed by atoms with Crippen molar-refractivity contribution in [3.8, 4) is 0 Å². The van der Waals surface area contributed by atoms with E-state index in [0.29, 0.717) is 0 Å². The largest absolute Gasteiger partial charge is 0.444 e. The molecule has 5 nitrogen and oxygen atoms in total. The molecule has 24 heavy (non-hydrogen) atoms. The van der Waals surface area contributed by atoms with Gasteiger partial charge < -0.3 is 15.0 Å². The molecule has 0 fully saturated rings. The monoisotopic (exact) mass is 346 g/mol. The zero-order valence-electron chi connectivity index (χ0n) is 14.0. The third-order valence-corrected chi connectivity index (χ3v) is 2.91. The molecule has 0 radical (unpaired) electrons. The molecule has 0 bridgehead atoms. The molecule has 0 aromatic heterocycles. The molecule has 0 heterocycles. The maximum Gasteiger partial charge on any atom is 0.416 e. The summed E-state index contributed by atoms with van der Waals surface area (Å²) in [6.45, 7) is 5.58. The number of nitrogens with one attached hydrogen (secondary N) is 1. The van der Waals surface area contributed by atoms with E-state index in [9.17, 15) is 22.8 Å². The SMILES string of the molecule is CN(CCNC(=O)c1ccc(C(F)(F)F)cc1)C(=O)OC(C)(C)C. The molecule has 134 valence electrons. The highest BCUT2D eigenvalue weighted by molar-refractivity contribution is 5.94. The van der Waals surface area contributed by atoms with Crippen LogP contribution in [0.15, 0.2) is 24.3 Å². The minimum Gasteiger partial charge on any atom is -0.444 e. The van der Waals surface area contributed by atoms with E-state index >= 15 is 0 Å². The number of hydrogen-bond acceptors (Lipinski definition) is 3. The molecule has 0 aliphatic rings. The highest BCUT2D eigenvalue weighted by Gasteiger charge is 2.30. The number of likely N-dealkylation sites (N-methyl/N-ethyl adjacent to an activating group) is 1. The molecule has 0 unspecified atom stereocenters. The number of benzene rings is 1. The molecule has 0 saturated heterocycles.